The Morgan fingerprint density at radius 3 is 2.62 bits per heavy atom. The van der Waals surface area contributed by atoms with Gasteiger partial charge in [0.25, 0.3) is 0 Å². The van der Waals surface area contributed by atoms with Gasteiger partial charge in [-0.1, -0.05) is 0 Å². The zero-order valence-electron chi connectivity index (χ0n) is 9.40. The molecule has 0 aliphatic heterocycles. The van der Waals surface area contributed by atoms with Gasteiger partial charge in [-0.15, -0.1) is 0 Å². The number of hydrogen-bond donors (Lipinski definition) is 3. The predicted octanol–water partition coefficient (Wildman–Crippen LogP) is 1.35. The van der Waals surface area contributed by atoms with Crippen molar-refractivity contribution in [3.8, 4) is 0 Å². The molecule has 0 saturated carbocycles. The summed E-state index contributed by atoms with van der Waals surface area (Å²) in [6.07, 6.45) is 2.08. The number of carboxylic acids is 1. The van der Waals surface area contributed by atoms with Crippen molar-refractivity contribution in [1.82, 2.24) is 4.98 Å². The van der Waals surface area contributed by atoms with Crippen molar-refractivity contribution in [2.75, 3.05) is 11.9 Å². The second-order valence-corrected chi connectivity index (χ2v) is 4.22. The monoisotopic (exact) mass is 224 g/mol. The Kier molecular flexibility index (Phi) is 3.84. The molecule has 0 unspecified atom stereocenters. The number of carbonyl (C=O) groups is 1. The van der Waals surface area contributed by atoms with Crippen LogP contribution in [0.25, 0.3) is 0 Å². The number of rotatable bonds is 5. The van der Waals surface area contributed by atoms with Gasteiger partial charge in [0.1, 0.15) is 5.69 Å². The van der Waals surface area contributed by atoms with Crippen LogP contribution in [0.3, 0.4) is 0 Å². The lowest BCUT2D eigenvalue weighted by atomic mass is 10.0. The third kappa shape index (κ3) is 3.51. The number of pyridine rings is 1. The Morgan fingerprint density at radius 1 is 1.50 bits per heavy atom. The van der Waals surface area contributed by atoms with E-state index < -0.39 is 5.97 Å². The number of aromatic nitrogens is 1. The molecule has 0 amide bonds. The molecule has 5 nitrogen and oxygen atoms in total. The van der Waals surface area contributed by atoms with E-state index in [0.29, 0.717) is 6.42 Å². The molecule has 0 spiro atoms. The summed E-state index contributed by atoms with van der Waals surface area (Å²) in [6, 6.07) is 3.11. The Morgan fingerprint density at radius 2 is 2.19 bits per heavy atom. The molecule has 88 valence electrons. The van der Waals surface area contributed by atoms with E-state index in [-0.39, 0.29) is 17.8 Å². The largest absolute Gasteiger partial charge is 0.477 e. The molecular formula is C11H16N2O3. The molecule has 1 rings (SSSR count). The van der Waals surface area contributed by atoms with Crippen molar-refractivity contribution in [2.45, 2.75) is 25.8 Å². The van der Waals surface area contributed by atoms with Gasteiger partial charge < -0.3 is 15.5 Å². The highest BCUT2D eigenvalue weighted by Gasteiger charge is 2.16. The molecule has 0 aliphatic rings. The lowest BCUT2D eigenvalue weighted by Crippen LogP contribution is -2.31. The van der Waals surface area contributed by atoms with Crippen LogP contribution in [0.2, 0.25) is 0 Å². The van der Waals surface area contributed by atoms with Crippen LogP contribution in [0.1, 0.15) is 30.8 Å². The van der Waals surface area contributed by atoms with Crippen molar-refractivity contribution < 1.29 is 15.0 Å². The molecule has 3 N–H and O–H groups in total. The Hall–Kier alpha value is -1.62. The van der Waals surface area contributed by atoms with Gasteiger partial charge >= 0.3 is 5.97 Å². The molecule has 0 fully saturated rings. The van der Waals surface area contributed by atoms with Crippen LogP contribution in [-0.4, -0.2) is 33.3 Å². The average Bonchev–Trinajstić information content (AvgIpc) is 2.17. The topological polar surface area (TPSA) is 82.5 Å². The van der Waals surface area contributed by atoms with Crippen LogP contribution in [0, 0.1) is 0 Å². The van der Waals surface area contributed by atoms with Gasteiger partial charge in [-0.2, -0.15) is 0 Å². The second kappa shape index (κ2) is 4.94. The van der Waals surface area contributed by atoms with Gasteiger partial charge in [-0.05, 0) is 32.4 Å². The van der Waals surface area contributed by atoms with Crippen molar-refractivity contribution in [3.05, 3.63) is 24.0 Å². The van der Waals surface area contributed by atoms with Crippen molar-refractivity contribution >= 4 is 11.7 Å². The van der Waals surface area contributed by atoms with Gasteiger partial charge in [0.15, 0.2) is 0 Å². The lowest BCUT2D eigenvalue weighted by molar-refractivity contribution is 0.0690. The standard InChI is InChI=1S/C11H16N2O3/c1-11(2,5-6-14)13-8-3-4-9(10(15)16)12-7-8/h3-4,7,13-14H,5-6H2,1-2H3,(H,15,16). The normalized spacial score (nSPS) is 11.2. The maximum absolute atomic E-state index is 10.6. The molecule has 0 aromatic carbocycles. The summed E-state index contributed by atoms with van der Waals surface area (Å²) < 4.78 is 0. The first kappa shape index (κ1) is 12.4. The van der Waals surface area contributed by atoms with E-state index in [2.05, 4.69) is 10.3 Å². The summed E-state index contributed by atoms with van der Waals surface area (Å²) in [7, 11) is 0. The first-order valence-electron chi connectivity index (χ1n) is 5.03. The van der Waals surface area contributed by atoms with Crippen LogP contribution in [-0.2, 0) is 0 Å². The van der Waals surface area contributed by atoms with E-state index in [1.165, 1.54) is 12.3 Å². The zero-order chi connectivity index (χ0) is 12.2. The lowest BCUT2D eigenvalue weighted by Gasteiger charge is -2.26. The maximum Gasteiger partial charge on any atom is 0.354 e. The average molecular weight is 224 g/mol. The molecule has 1 aromatic heterocycles. The van der Waals surface area contributed by atoms with Crippen LogP contribution in [0.4, 0.5) is 5.69 Å². The molecule has 0 saturated heterocycles. The van der Waals surface area contributed by atoms with Gasteiger partial charge in [-0.3, -0.25) is 0 Å². The van der Waals surface area contributed by atoms with Crippen LogP contribution >= 0.6 is 0 Å². The van der Waals surface area contributed by atoms with E-state index >= 15 is 0 Å². The number of carboxylic acid groups (broad SMARTS) is 1. The number of aliphatic hydroxyl groups is 1. The quantitative estimate of drug-likeness (QED) is 0.703. The number of nitrogens with zero attached hydrogens (tertiary/aromatic N) is 1. The highest BCUT2D eigenvalue weighted by Crippen LogP contribution is 2.17. The van der Waals surface area contributed by atoms with E-state index in [1.54, 1.807) is 6.07 Å². The fraction of sp³-hybridized carbons (Fsp3) is 0.455. The first-order valence-corrected chi connectivity index (χ1v) is 5.03. The van der Waals surface area contributed by atoms with Crippen molar-refractivity contribution in [3.63, 3.8) is 0 Å². The molecule has 0 bridgehead atoms. The fourth-order valence-electron chi connectivity index (χ4n) is 1.33. The van der Waals surface area contributed by atoms with Crippen LogP contribution < -0.4 is 5.32 Å². The minimum absolute atomic E-state index is 0.0190. The number of aliphatic hydroxyl groups excluding tert-OH is 1. The molecule has 0 radical (unpaired) electrons. The van der Waals surface area contributed by atoms with E-state index in [4.69, 9.17) is 10.2 Å². The van der Waals surface area contributed by atoms with Gasteiger partial charge in [-0.25, -0.2) is 9.78 Å². The van der Waals surface area contributed by atoms with Gasteiger partial charge in [0, 0.05) is 12.1 Å². The fourth-order valence-corrected chi connectivity index (χ4v) is 1.33. The van der Waals surface area contributed by atoms with Crippen LogP contribution in [0.5, 0.6) is 0 Å². The molecule has 5 heteroatoms. The third-order valence-electron chi connectivity index (χ3n) is 2.20. The third-order valence-corrected chi connectivity index (χ3v) is 2.20. The van der Waals surface area contributed by atoms with E-state index in [9.17, 15) is 4.79 Å². The van der Waals surface area contributed by atoms with E-state index in [1.807, 2.05) is 13.8 Å². The smallest absolute Gasteiger partial charge is 0.354 e. The summed E-state index contributed by atoms with van der Waals surface area (Å²) in [5, 5.41) is 20.7. The summed E-state index contributed by atoms with van der Waals surface area (Å²) in [4.78, 5) is 14.4. The zero-order valence-corrected chi connectivity index (χ0v) is 9.40. The number of anilines is 1. The summed E-state index contributed by atoms with van der Waals surface area (Å²) in [5.41, 5.74) is 0.509. The number of nitrogens with one attached hydrogen (secondary N) is 1. The first-order chi connectivity index (χ1) is 7.44. The highest BCUT2D eigenvalue weighted by molar-refractivity contribution is 5.85. The summed E-state index contributed by atoms with van der Waals surface area (Å²) in [5.74, 6) is -1.04. The minimum Gasteiger partial charge on any atom is -0.477 e. The molecule has 1 heterocycles. The Bertz CT molecular complexity index is 360. The molecule has 1 aromatic rings. The molecule has 0 atom stereocenters. The van der Waals surface area contributed by atoms with Crippen LogP contribution in [0.15, 0.2) is 18.3 Å². The van der Waals surface area contributed by atoms with E-state index in [0.717, 1.165) is 5.69 Å². The van der Waals surface area contributed by atoms with Crippen molar-refractivity contribution in [2.24, 2.45) is 0 Å². The molecule has 16 heavy (non-hydrogen) atoms. The maximum atomic E-state index is 10.6. The van der Waals surface area contributed by atoms with Gasteiger partial charge in [0.05, 0.1) is 11.9 Å². The minimum atomic E-state index is -1.04. The Labute approximate surface area is 94.1 Å². The summed E-state index contributed by atoms with van der Waals surface area (Å²) >= 11 is 0. The Balaban J connectivity index is 2.72. The second-order valence-electron chi connectivity index (χ2n) is 4.22. The number of aromatic carboxylic acids is 1. The highest BCUT2D eigenvalue weighted by atomic mass is 16.4. The molecular weight excluding hydrogens is 208 g/mol. The number of hydrogen-bond acceptors (Lipinski definition) is 4. The SMILES string of the molecule is CC(C)(CCO)Nc1ccc(C(=O)O)nc1. The predicted molar refractivity (Wildman–Crippen MR) is 60.6 cm³/mol. The van der Waals surface area contributed by atoms with Crippen molar-refractivity contribution in [1.29, 1.82) is 0 Å². The summed E-state index contributed by atoms with van der Waals surface area (Å²) in [6.45, 7) is 4.00. The molecule has 0 aliphatic carbocycles. The van der Waals surface area contributed by atoms with Gasteiger partial charge in [0.2, 0.25) is 0 Å².